The number of amides is 2. The highest BCUT2D eigenvalue weighted by Gasteiger charge is 2.48. The average Bonchev–Trinajstić information content (AvgIpc) is 3.66. The van der Waals surface area contributed by atoms with E-state index in [9.17, 15) is 19.5 Å². The van der Waals surface area contributed by atoms with Gasteiger partial charge in [-0.25, -0.2) is 0 Å². The number of carboxylic acids is 1. The Balaban J connectivity index is 1.59. The Morgan fingerprint density at radius 1 is 1.11 bits per heavy atom. The van der Waals surface area contributed by atoms with E-state index in [-0.39, 0.29) is 25.2 Å². The number of fused-ring (bicyclic) bond motifs is 1. The summed E-state index contributed by atoms with van der Waals surface area (Å²) in [7, 11) is 5.65. The van der Waals surface area contributed by atoms with Crippen LogP contribution in [-0.2, 0) is 14.4 Å². The lowest BCUT2D eigenvalue weighted by Crippen LogP contribution is -2.46. The lowest BCUT2D eigenvalue weighted by molar-refractivity contribution is -0.144. The van der Waals surface area contributed by atoms with Gasteiger partial charge in [0.05, 0.1) is 19.6 Å². The van der Waals surface area contributed by atoms with Crippen LogP contribution in [-0.4, -0.2) is 122 Å². The molecule has 3 aliphatic heterocycles. The number of carbonyl (C=O) groups excluding carboxylic acids is 2. The highest BCUT2D eigenvalue weighted by molar-refractivity contribution is 5.84. The van der Waals surface area contributed by atoms with E-state index < -0.39 is 29.3 Å². The van der Waals surface area contributed by atoms with Crippen LogP contribution in [0, 0.1) is 11.3 Å². The first-order chi connectivity index (χ1) is 21.0. The van der Waals surface area contributed by atoms with Crippen LogP contribution in [0.25, 0.3) is 0 Å². The fraction of sp³-hybridized carbons (Fsp3) is 0.727. The van der Waals surface area contributed by atoms with Gasteiger partial charge in [-0.2, -0.15) is 0 Å². The first-order valence-corrected chi connectivity index (χ1v) is 16.1. The third kappa shape index (κ3) is 7.77. The molecule has 3 atom stereocenters. The third-order valence-corrected chi connectivity index (χ3v) is 9.47. The SMILES string of the molecule is CCCCN(CCCCN(C)C)C(=O)CN1C[C@H](c2cc(OC)c3c(c2)OCO3)[C@@H](C(=O)O)[C@@H]1CCN1CCC(C)(C)C1=O. The molecule has 0 bridgehead atoms. The first-order valence-electron chi connectivity index (χ1n) is 16.1. The Hall–Kier alpha value is -3.05. The Bertz CT molecular complexity index is 1170. The van der Waals surface area contributed by atoms with Crippen LogP contribution in [0.3, 0.4) is 0 Å². The fourth-order valence-electron chi connectivity index (χ4n) is 6.82. The molecule has 0 radical (unpaired) electrons. The molecule has 3 heterocycles. The summed E-state index contributed by atoms with van der Waals surface area (Å²) < 4.78 is 16.8. The Morgan fingerprint density at radius 3 is 2.48 bits per heavy atom. The molecule has 2 amide bonds. The van der Waals surface area contributed by atoms with Crippen LogP contribution in [0.2, 0.25) is 0 Å². The second kappa shape index (κ2) is 14.8. The molecular formula is C33H52N4O7. The maximum atomic E-state index is 13.9. The van der Waals surface area contributed by atoms with Crippen molar-refractivity contribution in [2.45, 2.75) is 71.3 Å². The Labute approximate surface area is 262 Å². The van der Waals surface area contributed by atoms with Crippen LogP contribution in [0.4, 0.5) is 0 Å². The molecule has 1 aromatic carbocycles. The maximum Gasteiger partial charge on any atom is 0.308 e. The molecule has 11 heteroatoms. The predicted octanol–water partition coefficient (Wildman–Crippen LogP) is 3.51. The van der Waals surface area contributed by atoms with E-state index in [1.54, 1.807) is 7.11 Å². The second-order valence-electron chi connectivity index (χ2n) is 13.4. The summed E-state index contributed by atoms with van der Waals surface area (Å²) in [5, 5.41) is 10.6. The molecule has 0 saturated carbocycles. The van der Waals surface area contributed by atoms with Gasteiger partial charge in [-0.3, -0.25) is 19.3 Å². The van der Waals surface area contributed by atoms with Gasteiger partial charge in [0.15, 0.2) is 11.5 Å². The highest BCUT2D eigenvalue weighted by atomic mass is 16.7. The molecule has 2 saturated heterocycles. The summed E-state index contributed by atoms with van der Waals surface area (Å²) in [5.74, 6) is -0.412. The number of rotatable bonds is 16. The zero-order chi connectivity index (χ0) is 32.0. The van der Waals surface area contributed by atoms with Crippen molar-refractivity contribution in [1.82, 2.24) is 19.6 Å². The quantitative estimate of drug-likeness (QED) is 0.279. The average molecular weight is 617 g/mol. The Morgan fingerprint density at radius 2 is 1.84 bits per heavy atom. The van der Waals surface area contributed by atoms with Gasteiger partial charge < -0.3 is 34.0 Å². The van der Waals surface area contributed by atoms with Gasteiger partial charge in [0.1, 0.15) is 0 Å². The number of nitrogens with zero attached hydrogens (tertiary/aromatic N) is 4. The lowest BCUT2D eigenvalue weighted by Gasteiger charge is -2.31. The summed E-state index contributed by atoms with van der Waals surface area (Å²) in [6.07, 6.45) is 5.09. The highest BCUT2D eigenvalue weighted by Crippen LogP contribution is 2.47. The summed E-state index contributed by atoms with van der Waals surface area (Å²) >= 11 is 0. The van der Waals surface area contributed by atoms with Gasteiger partial charge in [-0.1, -0.05) is 27.2 Å². The van der Waals surface area contributed by atoms with Crippen LogP contribution >= 0.6 is 0 Å². The van der Waals surface area contributed by atoms with Crippen LogP contribution in [0.5, 0.6) is 17.2 Å². The number of methoxy groups -OCH3 is 1. The first kappa shape index (κ1) is 33.8. The van der Waals surface area contributed by atoms with Crippen molar-refractivity contribution in [3.05, 3.63) is 17.7 Å². The van der Waals surface area contributed by atoms with Crippen molar-refractivity contribution in [1.29, 1.82) is 0 Å². The normalized spacial score (nSPS) is 22.7. The van der Waals surface area contributed by atoms with E-state index in [4.69, 9.17) is 14.2 Å². The lowest BCUT2D eigenvalue weighted by atomic mass is 9.84. The number of hydrogen-bond donors (Lipinski definition) is 1. The summed E-state index contributed by atoms with van der Waals surface area (Å²) in [6, 6.07) is 3.26. The van der Waals surface area contributed by atoms with E-state index in [1.807, 2.05) is 40.7 Å². The number of hydrogen-bond acceptors (Lipinski definition) is 8. The van der Waals surface area contributed by atoms with Gasteiger partial charge in [0, 0.05) is 50.1 Å². The maximum absolute atomic E-state index is 13.9. The molecule has 3 aliphatic rings. The van der Waals surface area contributed by atoms with E-state index in [0.29, 0.717) is 56.4 Å². The summed E-state index contributed by atoms with van der Waals surface area (Å²) in [6.45, 7) is 10.1. The van der Waals surface area contributed by atoms with Gasteiger partial charge in [-0.05, 0) is 70.4 Å². The Kier molecular flexibility index (Phi) is 11.4. The molecule has 4 rings (SSSR count). The van der Waals surface area contributed by atoms with Crippen LogP contribution in [0.15, 0.2) is 12.1 Å². The molecular weight excluding hydrogens is 564 g/mol. The van der Waals surface area contributed by atoms with Gasteiger partial charge in [-0.15, -0.1) is 0 Å². The van der Waals surface area contributed by atoms with Crippen molar-refractivity contribution < 1.29 is 33.7 Å². The third-order valence-electron chi connectivity index (χ3n) is 9.47. The monoisotopic (exact) mass is 616 g/mol. The van der Waals surface area contributed by atoms with Crippen LogP contribution < -0.4 is 14.2 Å². The van der Waals surface area contributed by atoms with Crippen molar-refractivity contribution in [3.63, 3.8) is 0 Å². The molecule has 0 unspecified atom stereocenters. The largest absolute Gasteiger partial charge is 0.493 e. The van der Waals surface area contributed by atoms with E-state index >= 15 is 0 Å². The zero-order valence-electron chi connectivity index (χ0n) is 27.5. The van der Waals surface area contributed by atoms with Gasteiger partial charge in [0.25, 0.3) is 0 Å². The molecule has 246 valence electrons. The number of carboxylic acid groups (broad SMARTS) is 1. The minimum Gasteiger partial charge on any atom is -0.493 e. The summed E-state index contributed by atoms with van der Waals surface area (Å²) in [4.78, 5) is 47.9. The standard InChI is InChI=1S/C33H52N4O7/c1-7-8-14-35(15-10-9-13-34(4)5)28(38)21-37-20-24(23-18-26(42-6)30-27(19-23)43-22-44-30)29(31(39)40)25(37)11-16-36-17-12-33(2,3)32(36)41/h18-19,24-25,29H,7-17,20-22H2,1-6H3,(H,39,40)/t24-,25+,29-/m1/s1. The second-order valence-corrected chi connectivity index (χ2v) is 13.4. The molecule has 0 spiro atoms. The molecule has 44 heavy (non-hydrogen) atoms. The van der Waals surface area contributed by atoms with Gasteiger partial charge in [0.2, 0.25) is 24.4 Å². The minimum atomic E-state index is -0.911. The smallest absolute Gasteiger partial charge is 0.308 e. The van der Waals surface area contributed by atoms with Crippen molar-refractivity contribution in [2.75, 3.05) is 73.8 Å². The number of ether oxygens (including phenoxy) is 3. The zero-order valence-corrected chi connectivity index (χ0v) is 27.5. The van der Waals surface area contributed by atoms with E-state index in [1.165, 1.54) is 0 Å². The van der Waals surface area contributed by atoms with Crippen LogP contribution in [0.1, 0.15) is 70.8 Å². The topological polar surface area (TPSA) is 112 Å². The molecule has 2 fully saturated rings. The van der Waals surface area contributed by atoms with Crippen molar-refractivity contribution in [3.8, 4) is 17.2 Å². The molecule has 11 nitrogen and oxygen atoms in total. The summed E-state index contributed by atoms with van der Waals surface area (Å²) in [5.41, 5.74) is 0.374. The van der Waals surface area contributed by atoms with Gasteiger partial charge >= 0.3 is 5.97 Å². The molecule has 0 aromatic heterocycles. The number of aliphatic carboxylic acids is 1. The van der Waals surface area contributed by atoms with Crippen molar-refractivity contribution >= 4 is 17.8 Å². The van der Waals surface area contributed by atoms with E-state index in [2.05, 4.69) is 25.9 Å². The fourth-order valence-corrected chi connectivity index (χ4v) is 6.82. The number of carbonyl (C=O) groups is 3. The van der Waals surface area contributed by atoms with Crippen molar-refractivity contribution in [2.24, 2.45) is 11.3 Å². The molecule has 1 N–H and O–H groups in total. The number of likely N-dealkylation sites (tertiary alicyclic amines) is 2. The molecule has 1 aromatic rings. The predicted molar refractivity (Wildman–Crippen MR) is 167 cm³/mol. The number of unbranched alkanes of at least 4 members (excludes halogenated alkanes) is 2. The minimum absolute atomic E-state index is 0.0275. The molecule has 0 aliphatic carbocycles. The number of benzene rings is 1. The van der Waals surface area contributed by atoms with E-state index in [0.717, 1.165) is 44.2 Å².